The quantitative estimate of drug-likeness (QED) is 0.787. The van der Waals surface area contributed by atoms with E-state index in [0.29, 0.717) is 11.0 Å². The smallest absolute Gasteiger partial charge is 0.264 e. The van der Waals surface area contributed by atoms with Crippen molar-refractivity contribution in [3.8, 4) is 5.69 Å². The Bertz CT molecular complexity index is 914. The van der Waals surface area contributed by atoms with E-state index in [1.165, 1.54) is 17.1 Å². The first-order chi connectivity index (χ1) is 12.2. The normalized spacial score (nSPS) is 17.0. The number of alkyl halides is 1. The minimum Gasteiger partial charge on any atom is -0.317 e. The summed E-state index contributed by atoms with van der Waals surface area (Å²) >= 11 is 0. The molecule has 25 heavy (non-hydrogen) atoms. The van der Waals surface area contributed by atoms with Crippen LogP contribution in [0.5, 0.6) is 0 Å². The molecule has 0 saturated carbocycles. The molecule has 1 saturated heterocycles. The molecule has 0 aliphatic carbocycles. The van der Waals surface area contributed by atoms with E-state index in [4.69, 9.17) is 0 Å². The molecular weight excluding hydrogens is 321 g/mol. The standard InChI is InChI=1S/C18H20FN5O/c19-16(13-6-8-20-9-7-13)11-23-12-21-17-15(18(23)25)10-22-24(17)14-4-2-1-3-5-14/h1-5,10,12-13,16,20H,6-9,11H2. The van der Waals surface area contributed by atoms with Crippen molar-refractivity contribution in [3.63, 3.8) is 0 Å². The van der Waals surface area contributed by atoms with E-state index in [1.54, 1.807) is 4.68 Å². The second-order valence-corrected chi connectivity index (χ2v) is 6.43. The van der Waals surface area contributed by atoms with Gasteiger partial charge in [0.1, 0.15) is 17.9 Å². The summed E-state index contributed by atoms with van der Waals surface area (Å²) in [6.07, 6.45) is 3.50. The van der Waals surface area contributed by atoms with E-state index in [0.717, 1.165) is 31.6 Å². The molecule has 0 radical (unpaired) electrons. The van der Waals surface area contributed by atoms with Gasteiger partial charge in [0.2, 0.25) is 0 Å². The number of nitrogens with one attached hydrogen (secondary N) is 1. The minimum atomic E-state index is -1.04. The summed E-state index contributed by atoms with van der Waals surface area (Å²) < 4.78 is 17.6. The largest absolute Gasteiger partial charge is 0.317 e. The van der Waals surface area contributed by atoms with Gasteiger partial charge >= 0.3 is 0 Å². The third kappa shape index (κ3) is 3.07. The number of hydrogen-bond donors (Lipinski definition) is 1. The molecule has 1 fully saturated rings. The summed E-state index contributed by atoms with van der Waals surface area (Å²) in [6, 6.07) is 9.51. The maximum atomic E-state index is 14.6. The van der Waals surface area contributed by atoms with Crippen molar-refractivity contribution in [1.82, 2.24) is 24.6 Å². The van der Waals surface area contributed by atoms with Crippen molar-refractivity contribution in [2.45, 2.75) is 25.6 Å². The monoisotopic (exact) mass is 341 g/mol. The average Bonchev–Trinajstić information content (AvgIpc) is 3.10. The van der Waals surface area contributed by atoms with Gasteiger partial charge in [-0.25, -0.2) is 14.1 Å². The molecule has 6 nitrogen and oxygen atoms in total. The lowest BCUT2D eigenvalue weighted by molar-refractivity contribution is 0.166. The summed E-state index contributed by atoms with van der Waals surface area (Å²) in [4.78, 5) is 17.0. The highest BCUT2D eigenvalue weighted by atomic mass is 19.1. The lowest BCUT2D eigenvalue weighted by Gasteiger charge is -2.25. The van der Waals surface area contributed by atoms with Crippen LogP contribution in [0, 0.1) is 5.92 Å². The van der Waals surface area contributed by atoms with Crippen LogP contribution in [-0.4, -0.2) is 38.6 Å². The van der Waals surface area contributed by atoms with E-state index < -0.39 is 6.17 Å². The molecule has 2 aromatic heterocycles. The Morgan fingerprint density at radius 2 is 2.00 bits per heavy atom. The number of fused-ring (bicyclic) bond motifs is 1. The first-order valence-electron chi connectivity index (χ1n) is 8.57. The fraction of sp³-hybridized carbons (Fsp3) is 0.389. The Labute approximate surface area is 144 Å². The SMILES string of the molecule is O=c1c2cnn(-c3ccccc3)c2ncn1CC(F)C1CCNCC1. The number of piperidine rings is 1. The van der Waals surface area contributed by atoms with Crippen molar-refractivity contribution >= 4 is 11.0 Å². The minimum absolute atomic E-state index is 0.00381. The van der Waals surface area contributed by atoms with Gasteiger partial charge in [0.05, 0.1) is 18.4 Å². The molecule has 1 unspecified atom stereocenters. The maximum absolute atomic E-state index is 14.6. The molecule has 1 N–H and O–H groups in total. The number of para-hydroxylation sites is 1. The Morgan fingerprint density at radius 1 is 1.24 bits per heavy atom. The predicted octanol–water partition coefficient (Wildman–Crippen LogP) is 1.92. The highest BCUT2D eigenvalue weighted by Crippen LogP contribution is 2.20. The van der Waals surface area contributed by atoms with Crippen LogP contribution in [0.4, 0.5) is 4.39 Å². The van der Waals surface area contributed by atoms with Crippen LogP contribution < -0.4 is 10.9 Å². The highest BCUT2D eigenvalue weighted by molar-refractivity contribution is 5.74. The van der Waals surface area contributed by atoms with E-state index in [9.17, 15) is 9.18 Å². The van der Waals surface area contributed by atoms with Crippen LogP contribution >= 0.6 is 0 Å². The number of benzene rings is 1. The molecule has 0 amide bonds. The van der Waals surface area contributed by atoms with Gasteiger partial charge in [-0.2, -0.15) is 5.10 Å². The fourth-order valence-electron chi connectivity index (χ4n) is 3.38. The van der Waals surface area contributed by atoms with Crippen molar-refractivity contribution in [2.24, 2.45) is 5.92 Å². The zero-order valence-electron chi connectivity index (χ0n) is 13.8. The lowest BCUT2D eigenvalue weighted by Crippen LogP contribution is -2.36. The molecule has 1 aromatic carbocycles. The topological polar surface area (TPSA) is 64.7 Å². The van der Waals surface area contributed by atoms with Crippen molar-refractivity contribution < 1.29 is 4.39 Å². The molecule has 3 heterocycles. The maximum Gasteiger partial charge on any atom is 0.264 e. The molecule has 1 aliphatic rings. The molecular formula is C18H20FN5O. The van der Waals surface area contributed by atoms with E-state index >= 15 is 0 Å². The lowest BCUT2D eigenvalue weighted by atomic mass is 9.93. The van der Waals surface area contributed by atoms with Gasteiger partial charge < -0.3 is 5.32 Å². The second-order valence-electron chi connectivity index (χ2n) is 6.43. The number of hydrogen-bond acceptors (Lipinski definition) is 4. The first kappa shape index (κ1) is 16.0. The number of halogens is 1. The van der Waals surface area contributed by atoms with Crippen LogP contribution in [0.2, 0.25) is 0 Å². The van der Waals surface area contributed by atoms with Crippen molar-refractivity contribution in [3.05, 3.63) is 53.2 Å². The molecule has 1 atom stereocenters. The highest BCUT2D eigenvalue weighted by Gasteiger charge is 2.24. The average molecular weight is 341 g/mol. The van der Waals surface area contributed by atoms with Crippen molar-refractivity contribution in [1.29, 1.82) is 0 Å². The van der Waals surface area contributed by atoms with E-state index in [2.05, 4.69) is 15.4 Å². The molecule has 0 spiro atoms. The van der Waals surface area contributed by atoms with Crippen LogP contribution in [-0.2, 0) is 6.54 Å². The summed E-state index contributed by atoms with van der Waals surface area (Å²) in [5, 5.41) is 7.91. The summed E-state index contributed by atoms with van der Waals surface area (Å²) in [6.45, 7) is 1.71. The second kappa shape index (κ2) is 6.76. The van der Waals surface area contributed by atoms with Gasteiger partial charge in [-0.05, 0) is 44.0 Å². The molecule has 7 heteroatoms. The zero-order chi connectivity index (χ0) is 17.2. The van der Waals surface area contributed by atoms with Crippen LogP contribution in [0.15, 0.2) is 47.7 Å². The van der Waals surface area contributed by atoms with Crippen LogP contribution in [0.3, 0.4) is 0 Å². The van der Waals surface area contributed by atoms with E-state index in [1.807, 2.05) is 30.3 Å². The van der Waals surface area contributed by atoms with Crippen LogP contribution in [0.1, 0.15) is 12.8 Å². The zero-order valence-corrected chi connectivity index (χ0v) is 13.8. The molecule has 0 bridgehead atoms. The van der Waals surface area contributed by atoms with Gasteiger partial charge in [0.25, 0.3) is 5.56 Å². The number of rotatable bonds is 4. The Morgan fingerprint density at radius 3 is 2.76 bits per heavy atom. The molecule has 1 aliphatic heterocycles. The Hall–Kier alpha value is -2.54. The predicted molar refractivity (Wildman–Crippen MR) is 93.6 cm³/mol. The van der Waals surface area contributed by atoms with Gasteiger partial charge in [-0.15, -0.1) is 0 Å². The summed E-state index contributed by atoms with van der Waals surface area (Å²) in [5.74, 6) is -0.00381. The third-order valence-electron chi connectivity index (χ3n) is 4.82. The summed E-state index contributed by atoms with van der Waals surface area (Å²) in [5.41, 5.74) is 1.08. The molecule has 3 aromatic rings. The van der Waals surface area contributed by atoms with E-state index in [-0.39, 0.29) is 18.0 Å². The Balaban J connectivity index is 1.64. The molecule has 4 rings (SSSR count). The number of aromatic nitrogens is 4. The van der Waals surface area contributed by atoms with Crippen molar-refractivity contribution in [2.75, 3.05) is 13.1 Å². The van der Waals surface area contributed by atoms with Gasteiger partial charge in [-0.1, -0.05) is 18.2 Å². The van der Waals surface area contributed by atoms with Gasteiger partial charge in [-0.3, -0.25) is 9.36 Å². The van der Waals surface area contributed by atoms with Gasteiger partial charge in [0.15, 0.2) is 5.65 Å². The fourth-order valence-corrected chi connectivity index (χ4v) is 3.38. The van der Waals surface area contributed by atoms with Crippen LogP contribution in [0.25, 0.3) is 16.7 Å². The molecule has 130 valence electrons. The summed E-state index contributed by atoms with van der Waals surface area (Å²) in [7, 11) is 0. The Kier molecular flexibility index (Phi) is 4.31. The number of nitrogens with zero attached hydrogens (tertiary/aromatic N) is 4. The van der Waals surface area contributed by atoms with Gasteiger partial charge in [0, 0.05) is 0 Å². The first-order valence-corrected chi connectivity index (χ1v) is 8.57. The third-order valence-corrected chi connectivity index (χ3v) is 4.82.